The average molecular weight is 466 g/mol. The zero-order chi connectivity index (χ0) is 20.9. The summed E-state index contributed by atoms with van der Waals surface area (Å²) in [4.78, 5) is 0. The number of rotatable bonds is 3. The minimum atomic E-state index is 0.326. The molecule has 0 N–H and O–H groups in total. The average Bonchev–Trinajstić information content (AvgIpc) is 3.31. The first-order valence-electron chi connectivity index (χ1n) is 10.7. The van der Waals surface area contributed by atoms with E-state index in [1.165, 1.54) is 52.5 Å². The molecule has 0 amide bonds. The van der Waals surface area contributed by atoms with Crippen molar-refractivity contribution < 1.29 is 4.57 Å². The summed E-state index contributed by atoms with van der Waals surface area (Å²) in [7, 11) is 2.21. The van der Waals surface area contributed by atoms with Crippen LogP contribution in [0, 0.1) is 0 Å². The van der Waals surface area contributed by atoms with Gasteiger partial charge in [-0.15, -0.1) is 0 Å². The van der Waals surface area contributed by atoms with E-state index in [9.17, 15) is 0 Å². The third kappa shape index (κ3) is 2.89. The van der Waals surface area contributed by atoms with Gasteiger partial charge in [0.05, 0.1) is 0 Å². The van der Waals surface area contributed by atoms with E-state index in [2.05, 4.69) is 114 Å². The van der Waals surface area contributed by atoms with Crippen LogP contribution in [0.3, 0.4) is 0 Å². The molecule has 6 rings (SSSR count). The molecular weight excluding hydrogens is 443 g/mol. The van der Waals surface area contributed by atoms with Gasteiger partial charge < -0.3 is 0 Å². The Labute approximate surface area is 187 Å². The topological polar surface area (TPSA) is 8.81 Å². The molecule has 2 heterocycles. The van der Waals surface area contributed by atoms with Crippen molar-refractivity contribution >= 4 is 69.0 Å². The quantitative estimate of drug-likeness (QED) is 0.218. The Balaban J connectivity index is 1.47. The summed E-state index contributed by atoms with van der Waals surface area (Å²) in [6, 6.07) is 28.8. The molecule has 0 radical (unpaired) electrons. The molecule has 0 spiro atoms. The van der Waals surface area contributed by atoms with Crippen LogP contribution in [0.5, 0.6) is 0 Å². The van der Waals surface area contributed by atoms with Crippen molar-refractivity contribution in [2.24, 2.45) is 7.05 Å². The summed E-state index contributed by atoms with van der Waals surface area (Å²) < 4.78 is 7.66. The third-order valence-corrected chi connectivity index (χ3v) is 8.73. The fourth-order valence-electron chi connectivity index (χ4n) is 4.78. The predicted octanol–water partition coefficient (Wildman–Crippen LogP) is 6.17. The van der Waals surface area contributed by atoms with E-state index in [4.69, 9.17) is 0 Å². The van der Waals surface area contributed by atoms with Crippen LogP contribution in [0.25, 0.3) is 54.5 Å². The Hall–Kier alpha value is -3.13. The number of hydrogen-bond acceptors (Lipinski definition) is 0. The van der Waals surface area contributed by atoms with Crippen LogP contribution >= 0.6 is 0 Å². The Morgan fingerprint density at radius 2 is 1.58 bits per heavy atom. The molecule has 4 aromatic carbocycles. The molecule has 2 nitrogen and oxygen atoms in total. The molecular formula is C28H23N2Se+. The summed E-state index contributed by atoms with van der Waals surface area (Å²) in [6.45, 7) is 3.20. The zero-order valence-electron chi connectivity index (χ0n) is 17.7. The molecule has 0 unspecified atom stereocenters. The molecule has 0 bridgehead atoms. The summed E-state index contributed by atoms with van der Waals surface area (Å²) in [6.07, 6.45) is 4.59. The van der Waals surface area contributed by atoms with Crippen LogP contribution in [-0.4, -0.2) is 19.1 Å². The molecule has 3 heteroatoms. The molecule has 150 valence electrons. The predicted molar refractivity (Wildman–Crippen MR) is 134 cm³/mol. The van der Waals surface area contributed by atoms with E-state index in [0.717, 1.165) is 6.54 Å². The second-order valence-electron chi connectivity index (χ2n) is 8.00. The maximum atomic E-state index is 2.41. The number of fused-ring (bicyclic) bond motifs is 6. The fraction of sp³-hybridized carbons (Fsp3) is 0.107. The molecule has 0 aliphatic carbocycles. The molecule has 0 atom stereocenters. The number of para-hydroxylation sites is 1. The monoisotopic (exact) mass is 467 g/mol. The van der Waals surface area contributed by atoms with Crippen molar-refractivity contribution in [1.82, 2.24) is 4.57 Å². The molecule has 6 aromatic rings. The number of aryl methyl sites for hydroxylation is 2. The van der Waals surface area contributed by atoms with E-state index in [0.29, 0.717) is 14.5 Å². The second-order valence-corrected chi connectivity index (χ2v) is 10.2. The third-order valence-electron chi connectivity index (χ3n) is 6.28. The number of nitrogens with zero attached hydrogens (tertiary/aromatic N) is 2. The number of benzene rings is 4. The van der Waals surface area contributed by atoms with Gasteiger partial charge >= 0.3 is 188 Å². The van der Waals surface area contributed by atoms with Crippen molar-refractivity contribution in [3.05, 3.63) is 89.0 Å². The molecule has 0 aliphatic heterocycles. The van der Waals surface area contributed by atoms with Gasteiger partial charge in [-0.1, -0.05) is 0 Å². The van der Waals surface area contributed by atoms with Gasteiger partial charge in [0.25, 0.3) is 0 Å². The van der Waals surface area contributed by atoms with Crippen LogP contribution in [0.15, 0.2) is 78.9 Å². The van der Waals surface area contributed by atoms with E-state index in [1.54, 1.807) is 0 Å². The van der Waals surface area contributed by atoms with E-state index < -0.39 is 0 Å². The minimum absolute atomic E-state index is 0.326. The van der Waals surface area contributed by atoms with Gasteiger partial charge in [-0.05, 0) is 0 Å². The van der Waals surface area contributed by atoms with Gasteiger partial charge in [0.15, 0.2) is 0 Å². The van der Waals surface area contributed by atoms with Gasteiger partial charge in [-0.2, -0.15) is 0 Å². The maximum absolute atomic E-state index is 2.41. The molecule has 0 saturated heterocycles. The second kappa shape index (κ2) is 7.23. The molecule has 31 heavy (non-hydrogen) atoms. The van der Waals surface area contributed by atoms with Crippen molar-refractivity contribution in [3.63, 3.8) is 0 Å². The summed E-state index contributed by atoms with van der Waals surface area (Å²) in [5.74, 6) is 0. The van der Waals surface area contributed by atoms with Crippen molar-refractivity contribution in [3.8, 4) is 0 Å². The Morgan fingerprint density at radius 1 is 0.806 bits per heavy atom. The first-order chi connectivity index (χ1) is 15.2. The van der Waals surface area contributed by atoms with E-state index in [-0.39, 0.29) is 0 Å². The number of aromatic nitrogens is 2. The van der Waals surface area contributed by atoms with Crippen LogP contribution in [-0.2, 0) is 13.6 Å². The standard InChI is InChI=1S/C28H23N2Se/c1-3-30-24-11-7-6-10-22(24)23-18-19(12-15-25(23)30)13-17-27-29(2)28-21-9-5-4-8-20(21)14-16-26(28)31-27/h4-18H,3H2,1-2H3/q+1. The van der Waals surface area contributed by atoms with E-state index in [1.807, 2.05) is 0 Å². The van der Waals surface area contributed by atoms with Crippen molar-refractivity contribution in [1.29, 1.82) is 0 Å². The Kier molecular flexibility index (Phi) is 4.34. The van der Waals surface area contributed by atoms with E-state index >= 15 is 0 Å². The molecule has 0 aliphatic rings. The molecule has 0 fully saturated rings. The molecule has 0 saturated carbocycles. The van der Waals surface area contributed by atoms with Crippen LogP contribution in [0.1, 0.15) is 17.1 Å². The summed E-state index contributed by atoms with van der Waals surface area (Å²) in [5, 5.41) is 5.33. The fourth-order valence-corrected chi connectivity index (χ4v) is 7.03. The SMILES string of the molecule is CCn1c2ccccc2c2cc(/C=C/c3[se]c4ccc5ccccc5c4[n+]3C)ccc21. The Morgan fingerprint density at radius 3 is 2.45 bits per heavy atom. The van der Waals surface area contributed by atoms with Crippen LogP contribution in [0.2, 0.25) is 0 Å². The number of hydrogen-bond donors (Lipinski definition) is 0. The first kappa shape index (κ1) is 18.6. The Bertz CT molecular complexity index is 1630. The van der Waals surface area contributed by atoms with Gasteiger partial charge in [0.2, 0.25) is 0 Å². The first-order valence-corrected chi connectivity index (χ1v) is 12.5. The molecule has 2 aromatic heterocycles. The summed E-state index contributed by atoms with van der Waals surface area (Å²) in [5.41, 5.74) is 5.26. The zero-order valence-corrected chi connectivity index (χ0v) is 19.4. The van der Waals surface area contributed by atoms with Gasteiger partial charge in [0, 0.05) is 0 Å². The summed E-state index contributed by atoms with van der Waals surface area (Å²) >= 11 is 0.326. The van der Waals surface area contributed by atoms with Crippen LogP contribution in [0.4, 0.5) is 0 Å². The van der Waals surface area contributed by atoms with Gasteiger partial charge in [0.1, 0.15) is 0 Å². The van der Waals surface area contributed by atoms with Crippen molar-refractivity contribution in [2.45, 2.75) is 13.5 Å². The van der Waals surface area contributed by atoms with Crippen LogP contribution < -0.4 is 4.57 Å². The normalized spacial score (nSPS) is 12.2. The van der Waals surface area contributed by atoms with Gasteiger partial charge in [-0.25, -0.2) is 0 Å². The van der Waals surface area contributed by atoms with Gasteiger partial charge in [-0.3, -0.25) is 0 Å². The van der Waals surface area contributed by atoms with Crippen molar-refractivity contribution in [2.75, 3.05) is 0 Å².